The van der Waals surface area contributed by atoms with Crippen LogP contribution in [-0.4, -0.2) is 17.7 Å². The van der Waals surface area contributed by atoms with Crippen molar-refractivity contribution in [1.82, 2.24) is 0 Å². The first-order valence-corrected chi connectivity index (χ1v) is 12.2. The lowest BCUT2D eigenvalue weighted by molar-refractivity contribution is -0.115. The van der Waals surface area contributed by atoms with E-state index in [9.17, 15) is 14.4 Å². The minimum absolute atomic E-state index is 0.200. The second-order valence-corrected chi connectivity index (χ2v) is 9.37. The zero-order valence-electron chi connectivity index (χ0n) is 19.6. The number of nitrogens with one attached hydrogen (secondary N) is 2. The summed E-state index contributed by atoms with van der Waals surface area (Å²) in [5.74, 6) is -0.944. The van der Waals surface area contributed by atoms with Crippen molar-refractivity contribution >= 4 is 40.9 Å². The summed E-state index contributed by atoms with van der Waals surface area (Å²) in [6, 6.07) is 30.7. The molecule has 1 unspecified atom stereocenters. The minimum Gasteiger partial charge on any atom is -0.366 e. The zero-order valence-corrected chi connectivity index (χ0v) is 20.4. The maximum absolute atomic E-state index is 13.3. The van der Waals surface area contributed by atoms with Gasteiger partial charge in [0, 0.05) is 27.4 Å². The molecule has 7 heteroatoms. The molecule has 4 aromatic rings. The van der Waals surface area contributed by atoms with Crippen LogP contribution in [0.1, 0.15) is 37.1 Å². The molecule has 4 aromatic carbocycles. The Morgan fingerprint density at radius 2 is 1.39 bits per heavy atom. The Kier molecular flexibility index (Phi) is 7.82. The van der Waals surface area contributed by atoms with Crippen molar-refractivity contribution in [2.24, 2.45) is 5.73 Å². The van der Waals surface area contributed by atoms with Crippen LogP contribution in [-0.2, 0) is 4.79 Å². The van der Waals surface area contributed by atoms with Crippen molar-refractivity contribution in [3.05, 3.63) is 125 Å². The Labute approximate surface area is 213 Å². The predicted octanol–water partition coefficient (Wildman–Crippen LogP) is 5.82. The fraction of sp³-hybridized carbons (Fsp3) is 0.0690. The Bertz CT molecular complexity index is 1370. The first-order chi connectivity index (χ1) is 17.4. The first-order valence-electron chi connectivity index (χ1n) is 11.3. The molecule has 0 aliphatic rings. The van der Waals surface area contributed by atoms with E-state index in [0.717, 1.165) is 16.0 Å². The molecule has 0 heterocycles. The fourth-order valence-electron chi connectivity index (χ4n) is 3.52. The Morgan fingerprint density at radius 3 is 2.06 bits per heavy atom. The highest BCUT2D eigenvalue weighted by molar-refractivity contribution is 8.00. The van der Waals surface area contributed by atoms with Crippen molar-refractivity contribution in [2.75, 3.05) is 10.6 Å². The number of hydrogen-bond acceptors (Lipinski definition) is 4. The van der Waals surface area contributed by atoms with Gasteiger partial charge in [0.05, 0.1) is 0 Å². The number of carbonyl (C=O) groups is 3. The molecule has 1 atom stereocenters. The van der Waals surface area contributed by atoms with Gasteiger partial charge in [-0.3, -0.25) is 14.4 Å². The molecule has 0 saturated heterocycles. The minimum atomic E-state index is -0.551. The van der Waals surface area contributed by atoms with Gasteiger partial charge in [0.1, 0.15) is 5.25 Å². The number of anilines is 2. The third-order valence-corrected chi connectivity index (χ3v) is 6.69. The predicted molar refractivity (Wildman–Crippen MR) is 144 cm³/mol. The van der Waals surface area contributed by atoms with Gasteiger partial charge in [0.2, 0.25) is 11.8 Å². The van der Waals surface area contributed by atoms with Crippen molar-refractivity contribution in [3.8, 4) is 0 Å². The number of nitrogens with two attached hydrogens (primary N) is 1. The Morgan fingerprint density at radius 1 is 0.722 bits per heavy atom. The van der Waals surface area contributed by atoms with Crippen molar-refractivity contribution in [1.29, 1.82) is 0 Å². The number of carbonyl (C=O) groups excluding carboxylic acids is 3. The summed E-state index contributed by atoms with van der Waals surface area (Å²) in [5.41, 5.74) is 9.36. The largest absolute Gasteiger partial charge is 0.366 e. The molecule has 0 aliphatic carbocycles. The van der Waals surface area contributed by atoms with Crippen LogP contribution in [0.15, 0.2) is 108 Å². The monoisotopic (exact) mass is 495 g/mol. The van der Waals surface area contributed by atoms with Crippen LogP contribution in [0.2, 0.25) is 0 Å². The van der Waals surface area contributed by atoms with Gasteiger partial charge >= 0.3 is 0 Å². The molecule has 0 bridgehead atoms. The van der Waals surface area contributed by atoms with E-state index in [2.05, 4.69) is 10.6 Å². The van der Waals surface area contributed by atoms with Crippen LogP contribution < -0.4 is 16.4 Å². The molecule has 0 radical (unpaired) electrons. The van der Waals surface area contributed by atoms with Gasteiger partial charge in [-0.1, -0.05) is 54.1 Å². The molecule has 0 saturated carbocycles. The second-order valence-electron chi connectivity index (χ2n) is 8.19. The first kappa shape index (κ1) is 24.8. The third-order valence-electron chi connectivity index (χ3n) is 5.44. The Hall–Kier alpha value is -4.36. The van der Waals surface area contributed by atoms with E-state index in [1.54, 1.807) is 36.4 Å². The van der Waals surface area contributed by atoms with Gasteiger partial charge in [0.15, 0.2) is 0 Å². The number of hydrogen-bond donors (Lipinski definition) is 3. The van der Waals surface area contributed by atoms with Gasteiger partial charge in [-0.2, -0.15) is 0 Å². The van der Waals surface area contributed by atoms with Crippen LogP contribution >= 0.6 is 11.8 Å². The number of amides is 3. The molecule has 180 valence electrons. The maximum Gasteiger partial charge on any atom is 0.255 e. The van der Waals surface area contributed by atoms with Crippen LogP contribution in [0.3, 0.4) is 0 Å². The number of aryl methyl sites for hydroxylation is 1. The van der Waals surface area contributed by atoms with E-state index in [0.29, 0.717) is 22.5 Å². The molecule has 0 fully saturated rings. The number of thioether (sulfide) groups is 1. The standard InChI is InChI=1S/C29H25N3O3S/c1-19-10-12-22(13-11-19)28(34)32-24-8-5-9-25(18-24)36-26(20-6-3-2-4-7-20)29(35)31-23-16-14-21(15-17-23)27(30)33/h2-18,26H,1H3,(H2,30,33)(H,31,35)(H,32,34). The molecular weight excluding hydrogens is 470 g/mol. The van der Waals surface area contributed by atoms with Crippen LogP contribution in [0.4, 0.5) is 11.4 Å². The van der Waals surface area contributed by atoms with Crippen LogP contribution in [0.25, 0.3) is 0 Å². The molecule has 36 heavy (non-hydrogen) atoms. The van der Waals surface area contributed by atoms with Crippen molar-refractivity contribution in [2.45, 2.75) is 17.1 Å². The lowest BCUT2D eigenvalue weighted by Crippen LogP contribution is -2.19. The van der Waals surface area contributed by atoms with Crippen molar-refractivity contribution in [3.63, 3.8) is 0 Å². The van der Waals surface area contributed by atoms with Gasteiger partial charge in [-0.15, -0.1) is 11.8 Å². The SMILES string of the molecule is Cc1ccc(C(=O)Nc2cccc(SC(C(=O)Nc3ccc(C(N)=O)cc3)c3ccccc3)c2)cc1. The second kappa shape index (κ2) is 11.4. The van der Waals surface area contributed by atoms with Gasteiger partial charge in [-0.25, -0.2) is 0 Å². The lowest BCUT2D eigenvalue weighted by atomic mass is 10.1. The number of rotatable bonds is 8. The van der Waals surface area contributed by atoms with Gasteiger partial charge < -0.3 is 16.4 Å². The summed E-state index contributed by atoms with van der Waals surface area (Å²) < 4.78 is 0. The average molecular weight is 496 g/mol. The van der Waals surface area contributed by atoms with Crippen LogP contribution in [0.5, 0.6) is 0 Å². The normalized spacial score (nSPS) is 11.4. The average Bonchev–Trinajstić information content (AvgIpc) is 2.88. The summed E-state index contributed by atoms with van der Waals surface area (Å²) in [7, 11) is 0. The molecule has 4 rings (SSSR count). The molecule has 3 amide bonds. The summed E-state index contributed by atoms with van der Waals surface area (Å²) in [4.78, 5) is 38.1. The summed E-state index contributed by atoms with van der Waals surface area (Å²) in [5, 5.41) is 5.29. The van der Waals surface area contributed by atoms with E-state index in [-0.39, 0.29) is 11.8 Å². The van der Waals surface area contributed by atoms with E-state index >= 15 is 0 Å². The van der Waals surface area contributed by atoms with Gasteiger partial charge in [-0.05, 0) is 67.1 Å². The fourth-order valence-corrected chi connectivity index (χ4v) is 4.60. The number of benzene rings is 4. The van der Waals surface area contributed by atoms with Gasteiger partial charge in [0.25, 0.3) is 5.91 Å². The quantitative estimate of drug-likeness (QED) is 0.268. The lowest BCUT2D eigenvalue weighted by Gasteiger charge is -2.18. The Balaban J connectivity index is 1.52. The van der Waals surface area contributed by atoms with E-state index in [4.69, 9.17) is 5.73 Å². The van der Waals surface area contributed by atoms with Crippen LogP contribution in [0, 0.1) is 6.92 Å². The zero-order chi connectivity index (χ0) is 25.5. The maximum atomic E-state index is 13.3. The number of primary amides is 1. The highest BCUT2D eigenvalue weighted by atomic mass is 32.2. The topological polar surface area (TPSA) is 101 Å². The molecule has 0 spiro atoms. The van der Waals surface area contributed by atoms with E-state index < -0.39 is 11.2 Å². The summed E-state index contributed by atoms with van der Waals surface area (Å²) in [6.45, 7) is 1.97. The highest BCUT2D eigenvalue weighted by Crippen LogP contribution is 2.37. The third kappa shape index (κ3) is 6.40. The highest BCUT2D eigenvalue weighted by Gasteiger charge is 2.22. The smallest absolute Gasteiger partial charge is 0.255 e. The summed E-state index contributed by atoms with van der Waals surface area (Å²) in [6.07, 6.45) is 0. The molecule has 6 nitrogen and oxygen atoms in total. The molecule has 0 aromatic heterocycles. The van der Waals surface area contributed by atoms with E-state index in [1.807, 2.05) is 73.7 Å². The molecule has 4 N–H and O–H groups in total. The van der Waals surface area contributed by atoms with Crippen molar-refractivity contribution < 1.29 is 14.4 Å². The summed E-state index contributed by atoms with van der Waals surface area (Å²) >= 11 is 1.38. The van der Waals surface area contributed by atoms with E-state index in [1.165, 1.54) is 11.8 Å². The molecular formula is C29H25N3O3S. The molecule has 0 aliphatic heterocycles.